The van der Waals surface area contributed by atoms with Gasteiger partial charge in [0, 0.05) is 17.3 Å². The predicted octanol–water partition coefficient (Wildman–Crippen LogP) is 2.05. The maximum absolute atomic E-state index is 12.4. The maximum Gasteiger partial charge on any atom is 0.287 e. The summed E-state index contributed by atoms with van der Waals surface area (Å²) in [5, 5.41) is 3.33. The highest BCUT2D eigenvalue weighted by atomic mass is 32.2. The third kappa shape index (κ3) is 4.15. The number of furan rings is 1. The van der Waals surface area contributed by atoms with E-state index in [2.05, 4.69) is 14.7 Å². The molecule has 0 atom stereocenters. The molecular formula is C17H18N4O5S2. The summed E-state index contributed by atoms with van der Waals surface area (Å²) in [7, 11) is -7.69. The monoisotopic (exact) mass is 422 g/mol. The first-order valence-electron chi connectivity index (χ1n) is 8.17. The summed E-state index contributed by atoms with van der Waals surface area (Å²) in [5.74, 6) is 0.268. The van der Waals surface area contributed by atoms with E-state index in [9.17, 15) is 16.8 Å². The number of fused-ring (bicyclic) bond motifs is 1. The molecule has 0 bridgehead atoms. The number of nitrogens with zero attached hydrogens (tertiary/aromatic N) is 2. The van der Waals surface area contributed by atoms with E-state index in [1.807, 2.05) is 13.0 Å². The molecule has 2 heterocycles. The smallest absolute Gasteiger partial charge is 0.287 e. The van der Waals surface area contributed by atoms with Crippen molar-refractivity contribution < 1.29 is 21.3 Å². The Morgan fingerprint density at radius 2 is 1.93 bits per heavy atom. The Labute approximate surface area is 162 Å². The van der Waals surface area contributed by atoms with Crippen LogP contribution in [-0.2, 0) is 19.9 Å². The van der Waals surface area contributed by atoms with E-state index in [1.165, 1.54) is 6.92 Å². The lowest BCUT2D eigenvalue weighted by Gasteiger charge is -2.06. The summed E-state index contributed by atoms with van der Waals surface area (Å²) in [6, 6.07) is 9.23. The normalized spacial score (nSPS) is 13.0. The lowest BCUT2D eigenvalue weighted by Crippen LogP contribution is -2.24. The molecular weight excluding hydrogens is 404 g/mol. The molecule has 11 heteroatoms. The van der Waals surface area contributed by atoms with E-state index < -0.39 is 19.9 Å². The van der Waals surface area contributed by atoms with Crippen LogP contribution in [-0.4, -0.2) is 33.5 Å². The lowest BCUT2D eigenvalue weighted by molar-refractivity contribution is 0.578. The van der Waals surface area contributed by atoms with E-state index in [0.717, 1.165) is 29.5 Å². The first-order valence-corrected chi connectivity index (χ1v) is 11.3. The molecule has 0 aliphatic heterocycles. The van der Waals surface area contributed by atoms with E-state index in [0.29, 0.717) is 11.3 Å². The van der Waals surface area contributed by atoms with Crippen LogP contribution in [0.2, 0.25) is 0 Å². The van der Waals surface area contributed by atoms with Crippen molar-refractivity contribution in [1.82, 2.24) is 4.98 Å². The molecule has 9 nitrogen and oxygen atoms in total. The zero-order valence-electron chi connectivity index (χ0n) is 15.1. The second-order valence-corrected chi connectivity index (χ2v) is 9.75. The standard InChI is InChI=1S/C17H18N4O5S2/c1-3-27(22,23)16-7-5-14(10-19-16)28(24,25)21-17(18)20-13-4-6-15-12(9-13)8-11(2)26-15/h4-10H,3H2,1-2H3,(H3,18,20,21). The quantitative estimate of drug-likeness (QED) is 0.469. The van der Waals surface area contributed by atoms with Gasteiger partial charge < -0.3 is 15.5 Å². The van der Waals surface area contributed by atoms with E-state index >= 15 is 0 Å². The van der Waals surface area contributed by atoms with Crippen LogP contribution in [0.15, 0.2) is 61.3 Å². The molecule has 0 spiro atoms. The Kier molecular flexibility index (Phi) is 5.13. The SMILES string of the molecule is CCS(=O)(=O)c1ccc(S(=O)(=O)N=C(N)Nc2ccc3oc(C)cc3c2)cn1. The topological polar surface area (TPSA) is 145 Å². The zero-order valence-corrected chi connectivity index (χ0v) is 16.7. The van der Waals surface area contributed by atoms with Crippen molar-refractivity contribution in [3.05, 3.63) is 48.4 Å². The van der Waals surface area contributed by atoms with Gasteiger partial charge in [-0.15, -0.1) is 4.40 Å². The summed E-state index contributed by atoms with van der Waals surface area (Å²) >= 11 is 0. The molecule has 0 unspecified atom stereocenters. The number of aromatic nitrogens is 1. The van der Waals surface area contributed by atoms with Crippen molar-refractivity contribution in [3.63, 3.8) is 0 Å². The molecule has 1 aromatic carbocycles. The summed E-state index contributed by atoms with van der Waals surface area (Å²) in [4.78, 5) is 3.44. The van der Waals surface area contributed by atoms with Crippen molar-refractivity contribution in [3.8, 4) is 0 Å². The molecule has 2 aromatic heterocycles. The second-order valence-electron chi connectivity index (χ2n) is 5.92. The fraction of sp³-hybridized carbons (Fsp3) is 0.176. The number of sulfonamides is 1. The number of guanidine groups is 1. The molecule has 0 fully saturated rings. The molecule has 148 valence electrons. The van der Waals surface area contributed by atoms with Crippen molar-refractivity contribution in [2.45, 2.75) is 23.8 Å². The van der Waals surface area contributed by atoms with Crippen molar-refractivity contribution >= 4 is 42.5 Å². The van der Waals surface area contributed by atoms with E-state index in [1.54, 1.807) is 18.2 Å². The molecule has 3 rings (SSSR count). The van der Waals surface area contributed by atoms with Gasteiger partial charge in [-0.25, -0.2) is 13.4 Å². The number of aryl methyl sites for hydroxylation is 1. The van der Waals surface area contributed by atoms with Gasteiger partial charge in [0.2, 0.25) is 5.96 Å². The first kappa shape index (κ1) is 19.8. The van der Waals surface area contributed by atoms with Gasteiger partial charge in [-0.3, -0.25) is 0 Å². The molecule has 3 N–H and O–H groups in total. The highest BCUT2D eigenvalue weighted by molar-refractivity contribution is 7.91. The Morgan fingerprint density at radius 3 is 2.57 bits per heavy atom. The molecule has 28 heavy (non-hydrogen) atoms. The highest BCUT2D eigenvalue weighted by Crippen LogP contribution is 2.22. The minimum Gasteiger partial charge on any atom is -0.461 e. The zero-order chi connectivity index (χ0) is 20.5. The average Bonchev–Trinajstić information content (AvgIpc) is 3.00. The molecule has 0 aliphatic rings. The van der Waals surface area contributed by atoms with Gasteiger partial charge in [0.1, 0.15) is 16.2 Å². The first-order chi connectivity index (χ1) is 13.1. The molecule has 0 aliphatic carbocycles. The second kappa shape index (κ2) is 7.24. The third-order valence-electron chi connectivity index (χ3n) is 3.84. The lowest BCUT2D eigenvalue weighted by atomic mass is 10.2. The Balaban J connectivity index is 1.83. The number of nitrogens with one attached hydrogen (secondary N) is 1. The average molecular weight is 422 g/mol. The van der Waals surface area contributed by atoms with Gasteiger partial charge in [-0.2, -0.15) is 8.42 Å². The minimum absolute atomic E-state index is 0.137. The van der Waals surface area contributed by atoms with Crippen LogP contribution in [0.5, 0.6) is 0 Å². The van der Waals surface area contributed by atoms with Gasteiger partial charge in [0.15, 0.2) is 14.9 Å². The van der Waals surface area contributed by atoms with Crippen LogP contribution in [0.25, 0.3) is 11.0 Å². The summed E-state index contributed by atoms with van der Waals surface area (Å²) in [5.41, 5.74) is 6.95. The van der Waals surface area contributed by atoms with E-state index in [-0.39, 0.29) is 21.6 Å². The molecule has 0 saturated heterocycles. The Bertz CT molecular complexity index is 1260. The fourth-order valence-electron chi connectivity index (χ4n) is 2.46. The largest absolute Gasteiger partial charge is 0.461 e. The van der Waals surface area contributed by atoms with Crippen LogP contribution in [0.3, 0.4) is 0 Å². The number of benzene rings is 1. The van der Waals surface area contributed by atoms with Crippen LogP contribution < -0.4 is 11.1 Å². The summed E-state index contributed by atoms with van der Waals surface area (Å²) < 4.78 is 57.2. The predicted molar refractivity (Wildman–Crippen MR) is 105 cm³/mol. The number of hydrogen-bond donors (Lipinski definition) is 2. The van der Waals surface area contributed by atoms with Gasteiger partial charge in [-0.05, 0) is 43.3 Å². The van der Waals surface area contributed by atoms with Gasteiger partial charge in [0.25, 0.3) is 10.0 Å². The van der Waals surface area contributed by atoms with Gasteiger partial charge in [0.05, 0.1) is 5.75 Å². The number of hydrogen-bond acceptors (Lipinski definition) is 6. The minimum atomic E-state index is -4.16. The van der Waals surface area contributed by atoms with Crippen molar-refractivity contribution in [1.29, 1.82) is 0 Å². The van der Waals surface area contributed by atoms with Crippen molar-refractivity contribution in [2.75, 3.05) is 11.1 Å². The molecule has 3 aromatic rings. The number of pyridine rings is 1. The molecule has 0 radical (unpaired) electrons. The van der Waals surface area contributed by atoms with Crippen molar-refractivity contribution in [2.24, 2.45) is 10.1 Å². The Hall–Kier alpha value is -2.92. The maximum atomic E-state index is 12.4. The summed E-state index contributed by atoms with van der Waals surface area (Å²) in [6.07, 6.45) is 0.939. The van der Waals surface area contributed by atoms with Crippen LogP contribution in [0.1, 0.15) is 12.7 Å². The van der Waals surface area contributed by atoms with E-state index in [4.69, 9.17) is 10.2 Å². The van der Waals surface area contributed by atoms with Gasteiger partial charge >= 0.3 is 0 Å². The number of anilines is 1. The number of rotatable bonds is 5. The number of nitrogens with two attached hydrogens (primary N) is 1. The highest BCUT2D eigenvalue weighted by Gasteiger charge is 2.18. The van der Waals surface area contributed by atoms with Gasteiger partial charge in [-0.1, -0.05) is 6.92 Å². The van der Waals surface area contributed by atoms with Crippen LogP contribution in [0, 0.1) is 6.92 Å². The molecule has 0 saturated carbocycles. The number of sulfone groups is 1. The third-order valence-corrected chi connectivity index (χ3v) is 6.75. The van der Waals surface area contributed by atoms with Crippen LogP contribution >= 0.6 is 0 Å². The Morgan fingerprint density at radius 1 is 1.18 bits per heavy atom. The summed E-state index contributed by atoms with van der Waals surface area (Å²) in [6.45, 7) is 3.29. The molecule has 0 amide bonds. The fourth-order valence-corrected chi connectivity index (χ4v) is 4.08. The van der Waals surface area contributed by atoms with Crippen LogP contribution in [0.4, 0.5) is 5.69 Å².